The van der Waals surface area contributed by atoms with Gasteiger partial charge in [-0.25, -0.2) is 0 Å². The number of ether oxygens (including phenoxy) is 3. The third-order valence-electron chi connectivity index (χ3n) is 10.3. The van der Waals surface area contributed by atoms with Crippen LogP contribution >= 0.6 is 24.4 Å². The molecule has 1 saturated heterocycles. The fourth-order valence-electron chi connectivity index (χ4n) is 6.97. The molecule has 1 aliphatic rings. The summed E-state index contributed by atoms with van der Waals surface area (Å²) in [5.41, 5.74) is 0. The van der Waals surface area contributed by atoms with Crippen molar-refractivity contribution < 1.29 is 24.4 Å². The van der Waals surface area contributed by atoms with Crippen molar-refractivity contribution in [3.63, 3.8) is 0 Å². The number of hydrogen-bond acceptors (Lipinski definition) is 7. The molecule has 0 saturated carbocycles. The summed E-state index contributed by atoms with van der Waals surface area (Å²) in [6.07, 6.45) is 38.3. The minimum Gasteiger partial charge on any atom is -0.477 e. The van der Waals surface area contributed by atoms with Gasteiger partial charge in [0.1, 0.15) is 12.2 Å². The standard InChI is InChI=1S/C42H80O5S2/c1-3-5-7-9-11-13-15-17-19-21-23-25-27-29-31-33-39(48)46-38-36-45-37(35-43)41(44)42(38)47-40(49)34-32-30-28-26-24-22-20-18-16-14-12-10-8-6-4-2/h37-38,41-44H,3-36H2,1-2H3/t37-,38+,41-,42-/m1/s1. The van der Waals surface area contributed by atoms with E-state index in [1.165, 1.54) is 167 Å². The molecule has 1 rings (SSSR count). The Kier molecular flexibility index (Phi) is 33.1. The maximum atomic E-state index is 10.9. The average Bonchev–Trinajstić information content (AvgIpc) is 3.09. The zero-order valence-corrected chi connectivity index (χ0v) is 33.9. The van der Waals surface area contributed by atoms with Gasteiger partial charge < -0.3 is 24.4 Å². The maximum Gasteiger partial charge on any atom is 0.167 e. The zero-order valence-electron chi connectivity index (χ0n) is 32.3. The highest BCUT2D eigenvalue weighted by atomic mass is 32.1. The van der Waals surface area contributed by atoms with Gasteiger partial charge >= 0.3 is 0 Å². The van der Waals surface area contributed by atoms with Crippen LogP contribution in [0.1, 0.15) is 219 Å². The number of thiocarbonyl (C=S) groups is 2. The SMILES string of the molecule is CCCCCCCCCCCCCCCCCC(=S)O[C@H]1[C@H](O)[C@@H](CO)OC[C@@H]1OC(=S)CCCCCCCCCCCCCCCCC. The van der Waals surface area contributed by atoms with Gasteiger partial charge in [-0.1, -0.05) is 194 Å². The monoisotopic (exact) mass is 729 g/mol. The Hall–Kier alpha value is -0.340. The number of aliphatic hydroxyl groups is 2. The van der Waals surface area contributed by atoms with Crippen LogP contribution in [0.4, 0.5) is 0 Å². The predicted molar refractivity (Wildman–Crippen MR) is 217 cm³/mol. The van der Waals surface area contributed by atoms with Gasteiger partial charge in [0.15, 0.2) is 22.3 Å². The van der Waals surface area contributed by atoms with E-state index in [2.05, 4.69) is 13.8 Å². The topological polar surface area (TPSA) is 68.2 Å². The van der Waals surface area contributed by atoms with E-state index in [0.29, 0.717) is 16.5 Å². The van der Waals surface area contributed by atoms with Crippen LogP contribution in [-0.2, 0) is 14.2 Å². The summed E-state index contributed by atoms with van der Waals surface area (Å²) in [5, 5.41) is 21.6. The van der Waals surface area contributed by atoms with Crippen LogP contribution in [0.15, 0.2) is 0 Å². The molecule has 0 aromatic carbocycles. The fraction of sp³-hybridized carbons (Fsp3) is 0.952. The first-order valence-corrected chi connectivity index (χ1v) is 22.1. The van der Waals surface area contributed by atoms with Crippen molar-refractivity contribution in [1.82, 2.24) is 0 Å². The second-order valence-electron chi connectivity index (χ2n) is 14.9. The van der Waals surface area contributed by atoms with E-state index < -0.39 is 24.4 Å². The summed E-state index contributed by atoms with van der Waals surface area (Å²) in [5.74, 6) is 0. The molecule has 0 amide bonds. The van der Waals surface area contributed by atoms with E-state index in [9.17, 15) is 10.2 Å². The highest BCUT2D eigenvalue weighted by molar-refractivity contribution is 7.80. The van der Waals surface area contributed by atoms with Gasteiger partial charge in [-0.3, -0.25) is 0 Å². The third kappa shape index (κ3) is 27.0. The lowest BCUT2D eigenvalue weighted by Gasteiger charge is -2.39. The Bertz CT molecular complexity index is 751. The summed E-state index contributed by atoms with van der Waals surface area (Å²) in [6.45, 7) is 4.50. The minimum atomic E-state index is -1.02. The van der Waals surface area contributed by atoms with E-state index in [4.69, 9.17) is 38.6 Å². The molecule has 0 bridgehead atoms. The van der Waals surface area contributed by atoms with Crippen molar-refractivity contribution in [1.29, 1.82) is 0 Å². The highest BCUT2D eigenvalue weighted by Gasteiger charge is 2.43. The largest absolute Gasteiger partial charge is 0.477 e. The van der Waals surface area contributed by atoms with Gasteiger partial charge in [-0.15, -0.1) is 0 Å². The van der Waals surface area contributed by atoms with Crippen LogP contribution in [0, 0.1) is 0 Å². The van der Waals surface area contributed by atoms with Gasteiger partial charge in [0.2, 0.25) is 0 Å². The molecule has 290 valence electrons. The lowest BCUT2D eigenvalue weighted by Crippen LogP contribution is -2.56. The van der Waals surface area contributed by atoms with E-state index in [1.54, 1.807) is 0 Å². The highest BCUT2D eigenvalue weighted by Crippen LogP contribution is 2.24. The lowest BCUT2D eigenvalue weighted by molar-refractivity contribution is -0.186. The molecule has 4 atom stereocenters. The molecule has 1 aliphatic heterocycles. The van der Waals surface area contributed by atoms with E-state index in [1.807, 2.05) is 0 Å². The third-order valence-corrected chi connectivity index (χ3v) is 10.9. The fourth-order valence-corrected chi connectivity index (χ4v) is 7.49. The van der Waals surface area contributed by atoms with Crippen LogP contribution in [0.5, 0.6) is 0 Å². The van der Waals surface area contributed by atoms with Crippen LogP contribution in [0.3, 0.4) is 0 Å². The first-order chi connectivity index (χ1) is 24.0. The summed E-state index contributed by atoms with van der Waals surface area (Å²) in [6, 6.07) is 0. The zero-order chi connectivity index (χ0) is 35.6. The molecule has 5 nitrogen and oxygen atoms in total. The first kappa shape index (κ1) is 46.7. The Labute approximate surface area is 314 Å². The normalized spacial score (nSPS) is 19.3. The number of hydrogen-bond donors (Lipinski definition) is 2. The molecular formula is C42H80O5S2. The van der Waals surface area contributed by atoms with Gasteiger partial charge in [-0.05, 0) is 37.3 Å². The molecular weight excluding hydrogens is 649 g/mol. The van der Waals surface area contributed by atoms with Crippen molar-refractivity contribution in [3.8, 4) is 0 Å². The lowest BCUT2D eigenvalue weighted by atomic mass is 10.00. The van der Waals surface area contributed by atoms with Gasteiger partial charge in [0.05, 0.1) is 13.2 Å². The van der Waals surface area contributed by atoms with Crippen LogP contribution in [0.2, 0.25) is 0 Å². The Morgan fingerprint density at radius 3 is 1.14 bits per heavy atom. The molecule has 0 aromatic heterocycles. The number of aliphatic hydroxyl groups excluding tert-OH is 2. The maximum absolute atomic E-state index is 10.9. The Morgan fingerprint density at radius 1 is 0.510 bits per heavy atom. The van der Waals surface area contributed by atoms with E-state index in [-0.39, 0.29) is 13.2 Å². The molecule has 49 heavy (non-hydrogen) atoms. The predicted octanol–water partition coefficient (Wildman–Crippen LogP) is 12.7. The Balaban J connectivity index is 2.12. The molecule has 7 heteroatoms. The molecule has 2 N–H and O–H groups in total. The van der Waals surface area contributed by atoms with Gasteiger partial charge in [-0.2, -0.15) is 0 Å². The van der Waals surface area contributed by atoms with Crippen molar-refractivity contribution in [3.05, 3.63) is 0 Å². The Morgan fingerprint density at radius 2 is 0.816 bits per heavy atom. The van der Waals surface area contributed by atoms with Crippen molar-refractivity contribution >= 4 is 34.5 Å². The van der Waals surface area contributed by atoms with E-state index in [0.717, 1.165) is 32.1 Å². The average molecular weight is 729 g/mol. The van der Waals surface area contributed by atoms with Crippen LogP contribution in [-0.4, -0.2) is 57.9 Å². The van der Waals surface area contributed by atoms with Crippen molar-refractivity contribution in [2.45, 2.75) is 244 Å². The number of rotatable bonds is 35. The second kappa shape index (κ2) is 34.7. The summed E-state index contributed by atoms with van der Waals surface area (Å²) in [7, 11) is 0. The van der Waals surface area contributed by atoms with Crippen molar-refractivity contribution in [2.75, 3.05) is 13.2 Å². The molecule has 1 heterocycles. The quantitative estimate of drug-likeness (QED) is 0.0497. The minimum absolute atomic E-state index is 0.216. The molecule has 0 radical (unpaired) electrons. The first-order valence-electron chi connectivity index (χ1n) is 21.3. The van der Waals surface area contributed by atoms with Crippen LogP contribution < -0.4 is 0 Å². The smallest absolute Gasteiger partial charge is 0.167 e. The summed E-state index contributed by atoms with van der Waals surface area (Å²) < 4.78 is 17.9. The molecule has 1 fully saturated rings. The molecule has 0 spiro atoms. The van der Waals surface area contributed by atoms with Crippen LogP contribution in [0.25, 0.3) is 0 Å². The summed E-state index contributed by atoms with van der Waals surface area (Å²) >= 11 is 11.2. The molecule has 0 unspecified atom stereocenters. The number of unbranched alkanes of at least 4 members (excludes halogenated alkanes) is 28. The van der Waals surface area contributed by atoms with Gasteiger partial charge in [0.25, 0.3) is 0 Å². The van der Waals surface area contributed by atoms with Crippen molar-refractivity contribution in [2.24, 2.45) is 0 Å². The summed E-state index contributed by atoms with van der Waals surface area (Å²) in [4.78, 5) is 0. The van der Waals surface area contributed by atoms with E-state index >= 15 is 0 Å². The molecule has 0 aliphatic carbocycles. The second-order valence-corrected chi connectivity index (χ2v) is 15.8. The molecule has 0 aromatic rings. The van der Waals surface area contributed by atoms with Gasteiger partial charge in [0, 0.05) is 12.8 Å².